The van der Waals surface area contributed by atoms with E-state index in [0.29, 0.717) is 38.6 Å². The van der Waals surface area contributed by atoms with Gasteiger partial charge in [0.05, 0.1) is 24.5 Å². The molecular weight excluding hydrogens is 496 g/mol. The Hall–Kier alpha value is -2.97. The zero-order valence-corrected chi connectivity index (χ0v) is 23.3. The Bertz CT molecular complexity index is 1100. The molecule has 1 aromatic carbocycles. The average molecular weight is 539 g/mol. The number of hydrogen-bond donors (Lipinski definition) is 1. The van der Waals surface area contributed by atoms with Gasteiger partial charge in [-0.05, 0) is 63.1 Å². The molecule has 0 saturated carbocycles. The first kappa shape index (κ1) is 29.0. The summed E-state index contributed by atoms with van der Waals surface area (Å²) in [5.41, 5.74) is 1.69. The van der Waals surface area contributed by atoms with Gasteiger partial charge in [0.25, 0.3) is 5.91 Å². The molecule has 212 valence electrons. The summed E-state index contributed by atoms with van der Waals surface area (Å²) in [6, 6.07) is 5.13. The molecule has 4 rings (SSSR count). The van der Waals surface area contributed by atoms with E-state index in [4.69, 9.17) is 14.6 Å². The largest absolute Gasteiger partial charge is 0.465 e. The van der Waals surface area contributed by atoms with Crippen molar-refractivity contribution in [2.24, 2.45) is 11.8 Å². The number of carbonyl (C=O) groups is 3. The van der Waals surface area contributed by atoms with Crippen molar-refractivity contribution >= 4 is 23.5 Å². The predicted molar refractivity (Wildman–Crippen MR) is 149 cm³/mol. The first-order valence-corrected chi connectivity index (χ1v) is 14.2. The van der Waals surface area contributed by atoms with Crippen molar-refractivity contribution in [3.05, 3.63) is 54.6 Å². The Kier molecular flexibility index (Phi) is 9.28. The van der Waals surface area contributed by atoms with E-state index in [-0.39, 0.29) is 31.6 Å². The topological polar surface area (TPSA) is 96.4 Å². The lowest BCUT2D eigenvalue weighted by molar-refractivity contribution is -0.155. The Morgan fingerprint density at radius 1 is 1.21 bits per heavy atom. The molecule has 8 heteroatoms. The van der Waals surface area contributed by atoms with Crippen LogP contribution in [-0.4, -0.2) is 71.8 Å². The minimum Gasteiger partial charge on any atom is -0.465 e. The molecule has 39 heavy (non-hydrogen) atoms. The maximum atomic E-state index is 14.5. The molecule has 3 saturated heterocycles. The molecule has 1 N–H and O–H groups in total. The van der Waals surface area contributed by atoms with E-state index < -0.39 is 35.6 Å². The SMILES string of the molecule is C=CCCOC(=O)[C@@H]1[C@H]2C(=O)N(CCCCCCO)C(C(=O)N(CC=C)c3cc(C)ccc3C)C23CC[C@H]1O3. The van der Waals surface area contributed by atoms with Gasteiger partial charge < -0.3 is 24.4 Å². The molecule has 5 atom stereocenters. The number of fused-ring (bicyclic) bond motifs is 1. The maximum absolute atomic E-state index is 14.5. The Morgan fingerprint density at radius 3 is 2.69 bits per heavy atom. The Morgan fingerprint density at radius 2 is 1.97 bits per heavy atom. The molecule has 2 amide bonds. The Balaban J connectivity index is 1.70. The number of unbranched alkanes of at least 4 members (excludes halogenated alkanes) is 3. The van der Waals surface area contributed by atoms with Crippen molar-refractivity contribution < 1.29 is 29.0 Å². The van der Waals surface area contributed by atoms with E-state index in [0.717, 1.165) is 29.7 Å². The lowest BCUT2D eigenvalue weighted by atomic mass is 9.70. The number of aliphatic hydroxyl groups excluding tert-OH is 1. The Labute approximate surface area is 231 Å². The highest BCUT2D eigenvalue weighted by molar-refractivity contribution is 6.05. The molecule has 0 aliphatic carbocycles. The molecule has 1 aromatic rings. The summed E-state index contributed by atoms with van der Waals surface area (Å²) in [5.74, 6) is -2.32. The second-order valence-corrected chi connectivity index (χ2v) is 11.0. The summed E-state index contributed by atoms with van der Waals surface area (Å²) in [5, 5.41) is 9.15. The summed E-state index contributed by atoms with van der Waals surface area (Å²) < 4.78 is 12.1. The number of ether oxygens (including phenoxy) is 2. The number of nitrogens with zero attached hydrogens (tertiary/aromatic N) is 2. The number of hydrogen-bond acceptors (Lipinski definition) is 6. The van der Waals surface area contributed by atoms with Crippen LogP contribution < -0.4 is 4.90 Å². The molecule has 3 aliphatic heterocycles. The number of aliphatic hydroxyl groups is 1. The standard InChI is InChI=1S/C31H42N2O6/c1-5-7-19-38-30(37)25-24-14-15-31(39-24)26(25)28(35)33(17-10-8-9-11-18-34)27(31)29(36)32(16-6-2)23-20-21(3)12-13-22(23)4/h5-6,12-13,20,24-27,34H,1-2,7-11,14-19H2,3-4H3/t24-,25+,26+,27?,31?/m1/s1. The third-order valence-corrected chi connectivity index (χ3v) is 8.41. The minimum atomic E-state index is -1.07. The van der Waals surface area contributed by atoms with E-state index >= 15 is 0 Å². The maximum Gasteiger partial charge on any atom is 0.312 e. The highest BCUT2D eigenvalue weighted by atomic mass is 16.6. The summed E-state index contributed by atoms with van der Waals surface area (Å²) in [7, 11) is 0. The monoisotopic (exact) mass is 538 g/mol. The molecule has 1 spiro atoms. The number of aryl methyl sites for hydroxylation is 2. The van der Waals surface area contributed by atoms with Crippen LogP contribution in [0.15, 0.2) is 43.5 Å². The van der Waals surface area contributed by atoms with Gasteiger partial charge in [0, 0.05) is 25.4 Å². The molecule has 0 aromatic heterocycles. The number of anilines is 1. The number of rotatable bonds is 14. The van der Waals surface area contributed by atoms with Crippen LogP contribution in [0.2, 0.25) is 0 Å². The fourth-order valence-corrected chi connectivity index (χ4v) is 6.62. The third kappa shape index (κ3) is 5.41. The van der Waals surface area contributed by atoms with Gasteiger partial charge in [-0.15, -0.1) is 13.2 Å². The van der Waals surface area contributed by atoms with Crippen LogP contribution >= 0.6 is 0 Å². The van der Waals surface area contributed by atoms with Crippen LogP contribution in [0.25, 0.3) is 0 Å². The van der Waals surface area contributed by atoms with E-state index in [1.165, 1.54) is 0 Å². The lowest BCUT2D eigenvalue weighted by Crippen LogP contribution is -2.56. The summed E-state index contributed by atoms with van der Waals surface area (Å²) >= 11 is 0. The molecule has 2 bridgehead atoms. The van der Waals surface area contributed by atoms with Crippen LogP contribution in [-0.2, 0) is 23.9 Å². The highest BCUT2D eigenvalue weighted by Crippen LogP contribution is 2.59. The zero-order valence-electron chi connectivity index (χ0n) is 23.3. The van der Waals surface area contributed by atoms with Gasteiger partial charge in [0.2, 0.25) is 5.91 Å². The van der Waals surface area contributed by atoms with Crippen molar-refractivity contribution in [1.29, 1.82) is 0 Å². The molecule has 0 radical (unpaired) electrons. The zero-order chi connectivity index (χ0) is 28.2. The highest BCUT2D eigenvalue weighted by Gasteiger charge is 2.75. The first-order valence-electron chi connectivity index (χ1n) is 14.2. The second-order valence-electron chi connectivity index (χ2n) is 11.0. The number of likely N-dealkylation sites (tertiary alicyclic amines) is 1. The van der Waals surface area contributed by atoms with Crippen LogP contribution in [0.3, 0.4) is 0 Å². The minimum absolute atomic E-state index is 0.131. The molecule has 3 aliphatic rings. The van der Waals surface area contributed by atoms with Gasteiger partial charge in [-0.25, -0.2) is 0 Å². The van der Waals surface area contributed by atoms with Crippen LogP contribution in [0.4, 0.5) is 5.69 Å². The molecular formula is C31H42N2O6. The first-order chi connectivity index (χ1) is 18.8. The lowest BCUT2D eigenvalue weighted by Gasteiger charge is -2.37. The molecule has 3 fully saturated rings. The normalized spacial score (nSPS) is 26.9. The van der Waals surface area contributed by atoms with Crippen molar-refractivity contribution in [1.82, 2.24) is 4.90 Å². The third-order valence-electron chi connectivity index (χ3n) is 8.41. The summed E-state index contributed by atoms with van der Waals surface area (Å²) in [6.07, 6.45) is 7.67. The van der Waals surface area contributed by atoms with Gasteiger partial charge in [-0.3, -0.25) is 14.4 Å². The van der Waals surface area contributed by atoms with Gasteiger partial charge in [0.15, 0.2) is 0 Å². The van der Waals surface area contributed by atoms with Gasteiger partial charge in [-0.1, -0.05) is 37.1 Å². The van der Waals surface area contributed by atoms with Gasteiger partial charge in [-0.2, -0.15) is 0 Å². The van der Waals surface area contributed by atoms with E-state index in [2.05, 4.69) is 13.2 Å². The fourth-order valence-electron chi connectivity index (χ4n) is 6.62. The number of benzene rings is 1. The van der Waals surface area contributed by atoms with Crippen molar-refractivity contribution in [3.63, 3.8) is 0 Å². The van der Waals surface area contributed by atoms with Gasteiger partial charge in [0.1, 0.15) is 11.6 Å². The number of esters is 1. The van der Waals surface area contributed by atoms with E-state index in [9.17, 15) is 14.4 Å². The summed E-state index contributed by atoms with van der Waals surface area (Å²) in [6.45, 7) is 12.5. The van der Waals surface area contributed by atoms with Crippen molar-refractivity contribution in [3.8, 4) is 0 Å². The number of amides is 2. The average Bonchev–Trinajstić information content (AvgIpc) is 3.56. The molecule has 2 unspecified atom stereocenters. The van der Waals surface area contributed by atoms with Crippen molar-refractivity contribution in [2.45, 2.75) is 76.5 Å². The summed E-state index contributed by atoms with van der Waals surface area (Å²) in [4.78, 5) is 45.2. The predicted octanol–water partition coefficient (Wildman–Crippen LogP) is 3.87. The van der Waals surface area contributed by atoms with Crippen LogP contribution in [0, 0.1) is 25.7 Å². The smallest absolute Gasteiger partial charge is 0.312 e. The van der Waals surface area contributed by atoms with Crippen LogP contribution in [0.5, 0.6) is 0 Å². The van der Waals surface area contributed by atoms with Gasteiger partial charge >= 0.3 is 5.97 Å². The van der Waals surface area contributed by atoms with Crippen LogP contribution in [0.1, 0.15) is 56.1 Å². The van der Waals surface area contributed by atoms with E-state index in [1.807, 2.05) is 32.0 Å². The van der Waals surface area contributed by atoms with Crippen molar-refractivity contribution in [2.75, 3.05) is 31.2 Å². The molecule has 8 nitrogen and oxygen atoms in total. The van der Waals surface area contributed by atoms with E-state index in [1.54, 1.807) is 22.0 Å². The number of carbonyl (C=O) groups excluding carboxylic acids is 3. The fraction of sp³-hybridized carbons (Fsp3) is 0.581. The second kappa shape index (κ2) is 12.5. The quantitative estimate of drug-likeness (QED) is 0.220. The molecule has 3 heterocycles.